The van der Waals surface area contributed by atoms with Crippen LogP contribution in [0.5, 0.6) is 0 Å². The van der Waals surface area contributed by atoms with Gasteiger partial charge in [-0.25, -0.2) is 0 Å². The van der Waals surface area contributed by atoms with Crippen molar-refractivity contribution in [2.24, 2.45) is 16.1 Å². The van der Waals surface area contributed by atoms with Crippen molar-refractivity contribution < 1.29 is 0 Å². The lowest BCUT2D eigenvalue weighted by molar-refractivity contribution is 0.401. The first kappa shape index (κ1) is 18.6. The fourth-order valence-corrected chi connectivity index (χ4v) is 3.68. The summed E-state index contributed by atoms with van der Waals surface area (Å²) >= 11 is 0. The Morgan fingerprint density at radius 3 is 1.93 bits per heavy atom. The van der Waals surface area contributed by atoms with Crippen molar-refractivity contribution in [1.29, 1.82) is 0 Å². The average molecular weight is 361 g/mol. The molecule has 138 valence electrons. The van der Waals surface area contributed by atoms with Crippen LogP contribution in [0, 0.1) is 5.92 Å². The van der Waals surface area contributed by atoms with Crippen molar-refractivity contribution in [3.63, 3.8) is 0 Å². The number of unbranched alkanes of at least 4 members (excludes halogenated alkanes) is 1. The minimum absolute atomic E-state index is 0.580. The molecule has 1 atom stereocenters. The average Bonchev–Trinajstić information content (AvgIpc) is 2.98. The molecule has 0 bridgehead atoms. The normalized spacial score (nSPS) is 11.9. The first-order valence-corrected chi connectivity index (χ1v) is 9.38. The van der Waals surface area contributed by atoms with Crippen LogP contribution in [0.15, 0.2) is 46.6 Å². The van der Waals surface area contributed by atoms with Gasteiger partial charge in [-0.05, 0) is 47.7 Å². The molecule has 7 heteroatoms. The van der Waals surface area contributed by atoms with Gasteiger partial charge in [-0.1, -0.05) is 55.5 Å². The van der Waals surface area contributed by atoms with Gasteiger partial charge in [-0.15, -0.1) is 0 Å². The summed E-state index contributed by atoms with van der Waals surface area (Å²) in [5, 5.41) is 9.50. The SMILES string of the molecule is CCCCC(CC)Cn1c2ccc(N=[N+]=[N-])cc2c2cc(N=[N+]=[N-])ccc21. The van der Waals surface area contributed by atoms with E-state index in [2.05, 4.69) is 38.5 Å². The van der Waals surface area contributed by atoms with E-state index in [1.807, 2.05) is 36.4 Å². The van der Waals surface area contributed by atoms with Crippen molar-refractivity contribution in [3.05, 3.63) is 57.3 Å². The zero-order chi connectivity index (χ0) is 19.2. The van der Waals surface area contributed by atoms with Crippen LogP contribution in [0.2, 0.25) is 0 Å². The third-order valence-electron chi connectivity index (χ3n) is 5.14. The zero-order valence-electron chi connectivity index (χ0n) is 15.7. The second-order valence-electron chi connectivity index (χ2n) is 6.81. The molecule has 1 aromatic heterocycles. The molecule has 0 saturated heterocycles. The van der Waals surface area contributed by atoms with E-state index in [1.54, 1.807) is 0 Å². The lowest BCUT2D eigenvalue weighted by Crippen LogP contribution is -2.10. The number of nitrogens with zero attached hydrogens (tertiary/aromatic N) is 7. The van der Waals surface area contributed by atoms with Crippen LogP contribution in [0.3, 0.4) is 0 Å². The standard InChI is InChI=1S/C20H23N7/c1-3-5-6-14(4-2)13-27-19-9-7-15(23-25-21)11-17(19)18-12-16(24-26-22)8-10-20(18)27/h7-12,14H,3-6,13H2,1-2H3. The predicted molar refractivity (Wildman–Crippen MR) is 110 cm³/mol. The third-order valence-corrected chi connectivity index (χ3v) is 5.14. The van der Waals surface area contributed by atoms with Crippen molar-refractivity contribution in [1.82, 2.24) is 4.57 Å². The Bertz CT molecular complexity index is 978. The molecule has 0 N–H and O–H groups in total. The molecule has 2 aromatic carbocycles. The van der Waals surface area contributed by atoms with Gasteiger partial charge in [0, 0.05) is 49.5 Å². The zero-order valence-corrected chi connectivity index (χ0v) is 15.7. The minimum atomic E-state index is 0.580. The first-order valence-electron chi connectivity index (χ1n) is 9.38. The Hall–Kier alpha value is -3.14. The lowest BCUT2D eigenvalue weighted by atomic mass is 9.99. The summed E-state index contributed by atoms with van der Waals surface area (Å²) in [6, 6.07) is 11.5. The molecule has 7 nitrogen and oxygen atoms in total. The van der Waals surface area contributed by atoms with Crippen LogP contribution in [-0.2, 0) is 6.54 Å². The number of azide groups is 2. The fourth-order valence-electron chi connectivity index (χ4n) is 3.68. The Kier molecular flexibility index (Phi) is 5.87. The van der Waals surface area contributed by atoms with Crippen LogP contribution in [-0.4, -0.2) is 4.57 Å². The second kappa shape index (κ2) is 8.49. The Morgan fingerprint density at radius 1 is 0.926 bits per heavy atom. The lowest BCUT2D eigenvalue weighted by Gasteiger charge is -2.17. The summed E-state index contributed by atoms with van der Waals surface area (Å²) in [5.41, 5.74) is 20.9. The molecule has 0 aliphatic heterocycles. The molecule has 0 fully saturated rings. The Labute approximate surface area is 157 Å². The summed E-state index contributed by atoms with van der Waals surface area (Å²) in [7, 11) is 0. The highest BCUT2D eigenvalue weighted by Gasteiger charge is 2.15. The van der Waals surface area contributed by atoms with E-state index in [0.717, 1.165) is 34.8 Å². The van der Waals surface area contributed by atoms with E-state index in [1.165, 1.54) is 19.3 Å². The number of hydrogen-bond donors (Lipinski definition) is 0. The Balaban J connectivity index is 2.20. The summed E-state index contributed by atoms with van der Waals surface area (Å²) in [6.07, 6.45) is 4.78. The quantitative estimate of drug-likeness (QED) is 0.221. The van der Waals surface area contributed by atoms with E-state index < -0.39 is 0 Å². The number of rotatable bonds is 8. The van der Waals surface area contributed by atoms with Crippen molar-refractivity contribution in [2.75, 3.05) is 0 Å². The Morgan fingerprint density at radius 2 is 1.48 bits per heavy atom. The topological polar surface area (TPSA) is 102 Å². The number of hydrogen-bond acceptors (Lipinski definition) is 2. The molecule has 1 unspecified atom stereocenters. The summed E-state index contributed by atoms with van der Waals surface area (Å²) in [5.74, 6) is 0.609. The summed E-state index contributed by atoms with van der Waals surface area (Å²) in [6.45, 7) is 5.41. The predicted octanol–water partition coefficient (Wildman–Crippen LogP) is 7.89. The molecule has 1 heterocycles. The van der Waals surface area contributed by atoms with Gasteiger partial charge in [0.15, 0.2) is 0 Å². The molecular weight excluding hydrogens is 338 g/mol. The summed E-state index contributed by atoms with van der Waals surface area (Å²) < 4.78 is 2.34. The maximum absolute atomic E-state index is 8.76. The smallest absolute Gasteiger partial charge is 0.0491 e. The second-order valence-corrected chi connectivity index (χ2v) is 6.81. The molecular formula is C20H23N7. The van der Waals surface area contributed by atoms with Crippen molar-refractivity contribution in [2.45, 2.75) is 46.1 Å². The maximum Gasteiger partial charge on any atom is 0.0491 e. The molecule has 0 saturated carbocycles. The van der Waals surface area contributed by atoms with Gasteiger partial charge in [0.25, 0.3) is 0 Å². The van der Waals surface area contributed by atoms with Gasteiger partial charge < -0.3 is 4.57 Å². The molecule has 0 radical (unpaired) electrons. The van der Waals surface area contributed by atoms with Crippen molar-refractivity contribution >= 4 is 33.2 Å². The molecule has 0 aliphatic carbocycles. The van der Waals surface area contributed by atoms with Crippen LogP contribution in [0.25, 0.3) is 42.7 Å². The number of aromatic nitrogens is 1. The van der Waals surface area contributed by atoms with E-state index >= 15 is 0 Å². The highest BCUT2D eigenvalue weighted by molar-refractivity contribution is 6.09. The number of benzene rings is 2. The molecule has 0 spiro atoms. The third kappa shape index (κ3) is 3.85. The van der Waals surface area contributed by atoms with Gasteiger partial charge in [0.2, 0.25) is 0 Å². The van der Waals surface area contributed by atoms with Gasteiger partial charge in [0.1, 0.15) is 0 Å². The van der Waals surface area contributed by atoms with Crippen LogP contribution in [0.1, 0.15) is 39.5 Å². The van der Waals surface area contributed by atoms with Crippen molar-refractivity contribution in [3.8, 4) is 0 Å². The van der Waals surface area contributed by atoms with Gasteiger partial charge in [0.05, 0.1) is 0 Å². The van der Waals surface area contributed by atoms with Crippen LogP contribution >= 0.6 is 0 Å². The van der Waals surface area contributed by atoms with E-state index in [9.17, 15) is 0 Å². The highest BCUT2D eigenvalue weighted by Crippen LogP contribution is 2.35. The fraction of sp³-hybridized carbons (Fsp3) is 0.400. The van der Waals surface area contributed by atoms with Gasteiger partial charge in [-0.3, -0.25) is 0 Å². The first-order chi connectivity index (χ1) is 13.2. The molecule has 0 amide bonds. The number of fused-ring (bicyclic) bond motifs is 3. The van der Waals surface area contributed by atoms with Crippen LogP contribution in [0.4, 0.5) is 11.4 Å². The molecule has 0 aliphatic rings. The van der Waals surface area contributed by atoms with E-state index in [4.69, 9.17) is 11.1 Å². The molecule has 3 rings (SSSR count). The van der Waals surface area contributed by atoms with Gasteiger partial charge >= 0.3 is 0 Å². The monoisotopic (exact) mass is 361 g/mol. The van der Waals surface area contributed by atoms with E-state index in [-0.39, 0.29) is 0 Å². The van der Waals surface area contributed by atoms with E-state index in [0.29, 0.717) is 17.3 Å². The molecule has 27 heavy (non-hydrogen) atoms. The highest BCUT2D eigenvalue weighted by atomic mass is 15.1. The molecule has 3 aromatic rings. The van der Waals surface area contributed by atoms with Crippen LogP contribution < -0.4 is 0 Å². The largest absolute Gasteiger partial charge is 0.340 e. The van der Waals surface area contributed by atoms with Gasteiger partial charge in [-0.2, -0.15) is 0 Å². The maximum atomic E-state index is 8.76. The minimum Gasteiger partial charge on any atom is -0.340 e. The summed E-state index contributed by atoms with van der Waals surface area (Å²) in [4.78, 5) is 5.79.